The first-order valence-corrected chi connectivity index (χ1v) is 5.59. The maximum Gasteiger partial charge on any atom is 0.0405 e. The van der Waals surface area contributed by atoms with E-state index in [1.54, 1.807) is 6.08 Å². The van der Waals surface area contributed by atoms with Gasteiger partial charge < -0.3 is 0 Å². The molecule has 0 N–H and O–H groups in total. The lowest BCUT2D eigenvalue weighted by Crippen LogP contribution is -1.82. The van der Waals surface area contributed by atoms with E-state index in [0.717, 1.165) is 17.5 Å². The average Bonchev–Trinajstić information content (AvgIpc) is 2.41. The van der Waals surface area contributed by atoms with Crippen LogP contribution >= 0.6 is 0 Å². The van der Waals surface area contributed by atoms with Gasteiger partial charge in [-0.2, -0.15) is 0 Å². The van der Waals surface area contributed by atoms with Gasteiger partial charge in [0.15, 0.2) is 0 Å². The molecule has 1 aromatic rings. The van der Waals surface area contributed by atoms with Crippen LogP contribution in [0.5, 0.6) is 0 Å². The summed E-state index contributed by atoms with van der Waals surface area (Å²) in [7, 11) is 0. The van der Waals surface area contributed by atoms with Crippen molar-refractivity contribution < 1.29 is 0 Å². The maximum atomic E-state index is 8.12. The van der Waals surface area contributed by atoms with Gasteiger partial charge in [-0.05, 0) is 30.2 Å². The zero-order chi connectivity index (χ0) is 13.1. The molecule has 88 valence electrons. The highest BCUT2D eigenvalue weighted by atomic mass is 15.1. The van der Waals surface area contributed by atoms with Gasteiger partial charge in [0.25, 0.3) is 0 Å². The zero-order valence-corrected chi connectivity index (χ0v) is 10.1. The standard InChI is InChI=1S/C15H13N3/c1-2-3-9-14-11-6-7-12-15(14)10-5-4-8-13-17-18-16/h2,6-7,11-12H,1,4,8,13H2. The van der Waals surface area contributed by atoms with Gasteiger partial charge in [-0.1, -0.05) is 47.5 Å². The summed E-state index contributed by atoms with van der Waals surface area (Å²) >= 11 is 0. The molecule has 0 unspecified atom stereocenters. The van der Waals surface area contributed by atoms with Gasteiger partial charge in [-0.15, -0.1) is 0 Å². The topological polar surface area (TPSA) is 48.8 Å². The first kappa shape index (κ1) is 13.5. The SMILES string of the molecule is C=CC#Cc1ccccc1C#CCCCN=[N+]=[N-]. The minimum absolute atomic E-state index is 0.489. The predicted molar refractivity (Wildman–Crippen MR) is 73.6 cm³/mol. The van der Waals surface area contributed by atoms with Crippen molar-refractivity contribution in [2.24, 2.45) is 5.11 Å². The van der Waals surface area contributed by atoms with E-state index in [1.165, 1.54) is 0 Å². The van der Waals surface area contributed by atoms with E-state index < -0.39 is 0 Å². The molecule has 0 saturated carbocycles. The number of benzene rings is 1. The molecular formula is C15H13N3. The molecule has 0 aromatic heterocycles. The molecule has 18 heavy (non-hydrogen) atoms. The van der Waals surface area contributed by atoms with Crippen molar-refractivity contribution in [3.8, 4) is 23.7 Å². The summed E-state index contributed by atoms with van der Waals surface area (Å²) in [6.45, 7) is 4.05. The van der Waals surface area contributed by atoms with Crippen LogP contribution in [0.2, 0.25) is 0 Å². The third-order valence-corrected chi connectivity index (χ3v) is 2.08. The van der Waals surface area contributed by atoms with Gasteiger partial charge in [-0.25, -0.2) is 0 Å². The molecule has 1 rings (SSSR count). The Labute approximate surface area is 107 Å². The summed E-state index contributed by atoms with van der Waals surface area (Å²) in [5.41, 5.74) is 9.93. The normalized spacial score (nSPS) is 8.00. The van der Waals surface area contributed by atoms with Crippen molar-refractivity contribution in [2.45, 2.75) is 12.8 Å². The van der Waals surface area contributed by atoms with Crippen LogP contribution in [-0.4, -0.2) is 6.54 Å². The van der Waals surface area contributed by atoms with E-state index in [4.69, 9.17) is 5.53 Å². The van der Waals surface area contributed by atoms with Crippen molar-refractivity contribution in [1.29, 1.82) is 0 Å². The van der Waals surface area contributed by atoms with Gasteiger partial charge in [-0.3, -0.25) is 0 Å². The van der Waals surface area contributed by atoms with Crippen molar-refractivity contribution in [1.82, 2.24) is 0 Å². The second-order valence-corrected chi connectivity index (χ2v) is 3.38. The summed E-state index contributed by atoms with van der Waals surface area (Å²) in [5.74, 6) is 11.9. The number of hydrogen-bond acceptors (Lipinski definition) is 1. The van der Waals surface area contributed by atoms with Crippen LogP contribution < -0.4 is 0 Å². The summed E-state index contributed by atoms with van der Waals surface area (Å²) in [6, 6.07) is 7.73. The van der Waals surface area contributed by atoms with Crippen LogP contribution in [0.3, 0.4) is 0 Å². The molecule has 0 bridgehead atoms. The summed E-state index contributed by atoms with van der Waals surface area (Å²) in [4.78, 5) is 2.69. The molecule has 0 aliphatic carbocycles. The van der Waals surface area contributed by atoms with Gasteiger partial charge in [0.2, 0.25) is 0 Å². The molecule has 0 heterocycles. The smallest absolute Gasteiger partial charge is 0.0405 e. The summed E-state index contributed by atoms with van der Waals surface area (Å²) < 4.78 is 0. The maximum absolute atomic E-state index is 8.12. The average molecular weight is 235 g/mol. The number of azide groups is 1. The molecule has 0 radical (unpaired) electrons. The van der Waals surface area contributed by atoms with Gasteiger partial charge >= 0.3 is 0 Å². The monoisotopic (exact) mass is 235 g/mol. The van der Waals surface area contributed by atoms with Crippen LogP contribution in [0.15, 0.2) is 42.0 Å². The Morgan fingerprint density at radius 2 is 2.00 bits per heavy atom. The van der Waals surface area contributed by atoms with Gasteiger partial charge in [0.05, 0.1) is 0 Å². The minimum Gasteiger partial charge on any atom is -0.0978 e. The quantitative estimate of drug-likeness (QED) is 0.252. The molecular weight excluding hydrogens is 222 g/mol. The molecule has 0 saturated heterocycles. The zero-order valence-electron chi connectivity index (χ0n) is 10.1. The predicted octanol–water partition coefficient (Wildman–Crippen LogP) is 3.67. The fourth-order valence-corrected chi connectivity index (χ4v) is 1.27. The van der Waals surface area contributed by atoms with Crippen LogP contribution in [0.4, 0.5) is 0 Å². The van der Waals surface area contributed by atoms with E-state index in [2.05, 4.69) is 40.3 Å². The lowest BCUT2D eigenvalue weighted by atomic mass is 10.1. The molecule has 0 spiro atoms. The number of rotatable bonds is 3. The largest absolute Gasteiger partial charge is 0.0978 e. The first-order valence-electron chi connectivity index (χ1n) is 5.59. The van der Waals surface area contributed by atoms with E-state index in [0.29, 0.717) is 13.0 Å². The van der Waals surface area contributed by atoms with Crippen molar-refractivity contribution in [3.63, 3.8) is 0 Å². The Hall–Kier alpha value is -2.61. The number of allylic oxidation sites excluding steroid dienone is 1. The molecule has 0 aliphatic heterocycles. The molecule has 0 amide bonds. The van der Waals surface area contributed by atoms with Crippen LogP contribution in [-0.2, 0) is 0 Å². The van der Waals surface area contributed by atoms with E-state index in [-0.39, 0.29) is 0 Å². The minimum atomic E-state index is 0.489. The Bertz CT molecular complexity index is 573. The van der Waals surface area contributed by atoms with Crippen LogP contribution in [0.25, 0.3) is 10.4 Å². The third kappa shape index (κ3) is 4.94. The summed E-state index contributed by atoms with van der Waals surface area (Å²) in [6.07, 6.45) is 3.05. The second-order valence-electron chi connectivity index (χ2n) is 3.38. The Morgan fingerprint density at radius 3 is 2.67 bits per heavy atom. The van der Waals surface area contributed by atoms with Crippen molar-refractivity contribution in [2.75, 3.05) is 6.54 Å². The fourth-order valence-electron chi connectivity index (χ4n) is 1.27. The van der Waals surface area contributed by atoms with Crippen molar-refractivity contribution >= 4 is 0 Å². The first-order chi connectivity index (χ1) is 8.88. The van der Waals surface area contributed by atoms with Gasteiger partial charge in [0, 0.05) is 29.0 Å². The number of hydrogen-bond donors (Lipinski definition) is 0. The van der Waals surface area contributed by atoms with Crippen LogP contribution in [0.1, 0.15) is 24.0 Å². The highest BCUT2D eigenvalue weighted by molar-refractivity contribution is 5.50. The van der Waals surface area contributed by atoms with Gasteiger partial charge in [0.1, 0.15) is 0 Å². The number of unbranched alkanes of at least 4 members (excludes halogenated alkanes) is 1. The van der Waals surface area contributed by atoms with E-state index in [9.17, 15) is 0 Å². The highest BCUT2D eigenvalue weighted by Crippen LogP contribution is 2.05. The lowest BCUT2D eigenvalue weighted by molar-refractivity contribution is 0.862. The highest BCUT2D eigenvalue weighted by Gasteiger charge is 1.93. The Kier molecular flexibility index (Phi) is 6.38. The number of nitrogens with zero attached hydrogens (tertiary/aromatic N) is 3. The lowest BCUT2D eigenvalue weighted by Gasteiger charge is -1.94. The summed E-state index contributed by atoms with van der Waals surface area (Å²) in [5, 5.41) is 3.45. The Balaban J connectivity index is 2.69. The molecule has 0 fully saturated rings. The molecule has 0 aliphatic rings. The van der Waals surface area contributed by atoms with E-state index >= 15 is 0 Å². The molecule has 3 nitrogen and oxygen atoms in total. The van der Waals surface area contributed by atoms with E-state index in [1.807, 2.05) is 24.3 Å². The molecule has 3 heteroatoms. The second kappa shape index (κ2) is 8.53. The fraction of sp³-hybridized carbons (Fsp3) is 0.200. The third-order valence-electron chi connectivity index (χ3n) is 2.08. The molecule has 0 atom stereocenters. The molecule has 1 aromatic carbocycles. The van der Waals surface area contributed by atoms with Crippen molar-refractivity contribution in [3.05, 3.63) is 58.5 Å². The Morgan fingerprint density at radius 1 is 1.28 bits per heavy atom. The van der Waals surface area contributed by atoms with Crippen LogP contribution in [0, 0.1) is 23.7 Å².